The number of rotatable bonds is 15. The molecular formula is C44H48FN2Na3O12S4. The fourth-order valence-corrected chi connectivity index (χ4v) is 10.2. The van der Waals surface area contributed by atoms with E-state index in [1.165, 1.54) is 18.2 Å². The number of unbranched alkanes of at least 4 members (excludes halogenated alkanes) is 2. The maximum Gasteiger partial charge on any atom is 1.00 e. The Morgan fingerprint density at radius 3 is 2.02 bits per heavy atom. The molecule has 66 heavy (non-hydrogen) atoms. The van der Waals surface area contributed by atoms with Gasteiger partial charge in [0.1, 0.15) is 28.2 Å². The number of hydrogen-bond donors (Lipinski definition) is 0. The molecule has 3 aromatic carbocycles. The Balaban J connectivity index is 0.00000205. The summed E-state index contributed by atoms with van der Waals surface area (Å²) in [5.41, 5.74) is 6.65. The molecule has 0 spiro atoms. The van der Waals surface area contributed by atoms with Gasteiger partial charge in [-0.15, -0.1) is 18.7 Å². The summed E-state index contributed by atoms with van der Waals surface area (Å²) in [5.74, 6) is -1.36. The summed E-state index contributed by atoms with van der Waals surface area (Å²) in [7, 11) is -16.6. The van der Waals surface area contributed by atoms with E-state index >= 15 is 4.39 Å². The molecule has 0 unspecified atom stereocenters. The van der Waals surface area contributed by atoms with Crippen LogP contribution in [-0.2, 0) is 51.8 Å². The Morgan fingerprint density at radius 1 is 0.788 bits per heavy atom. The summed E-state index contributed by atoms with van der Waals surface area (Å²) in [6.45, 7) is 8.82. The molecule has 0 N–H and O–H groups in total. The maximum atomic E-state index is 15.8. The number of fused-ring (bicyclic) bond motifs is 2. The molecule has 14 nitrogen and oxygen atoms in total. The van der Waals surface area contributed by atoms with Crippen LogP contribution >= 0.6 is 0 Å². The topological polar surface area (TPSA) is 229 Å². The molecule has 2 heterocycles. The smallest absolute Gasteiger partial charge is 0.748 e. The molecule has 22 heteroatoms. The van der Waals surface area contributed by atoms with Gasteiger partial charge >= 0.3 is 99.3 Å². The van der Waals surface area contributed by atoms with Gasteiger partial charge < -0.3 is 18.6 Å². The first-order valence-corrected chi connectivity index (χ1v) is 25.6. The minimum Gasteiger partial charge on any atom is -0.748 e. The molecule has 340 valence electrons. The average molecular weight is 1010 g/mol. The largest absolute Gasteiger partial charge is 1.00 e. The van der Waals surface area contributed by atoms with E-state index in [4.69, 9.17) is 12.6 Å². The van der Waals surface area contributed by atoms with Crippen molar-refractivity contribution < 1.29 is 149 Å². The third-order valence-corrected chi connectivity index (χ3v) is 13.9. The van der Waals surface area contributed by atoms with Gasteiger partial charge in [0.2, 0.25) is 0 Å². The first-order valence-electron chi connectivity index (χ1n) is 20.1. The molecule has 1 aliphatic carbocycles. The molecule has 3 aromatic rings. The van der Waals surface area contributed by atoms with Gasteiger partial charge in [-0.2, -0.15) is 18.2 Å². The van der Waals surface area contributed by atoms with Gasteiger partial charge in [0.25, 0.3) is 0 Å². The second-order valence-electron chi connectivity index (χ2n) is 16.5. The molecule has 6 rings (SSSR count). The van der Waals surface area contributed by atoms with Crippen molar-refractivity contribution in [2.75, 3.05) is 29.5 Å². The van der Waals surface area contributed by atoms with E-state index < -0.39 is 69.1 Å². The van der Waals surface area contributed by atoms with Crippen molar-refractivity contribution in [2.24, 2.45) is 0 Å². The number of hydrogen-bond acceptors (Lipinski definition) is 13. The summed E-state index contributed by atoms with van der Waals surface area (Å²) in [4.78, 5) is 1.59. The molecular weight excluding hydrogens is 965 g/mol. The van der Waals surface area contributed by atoms with Gasteiger partial charge in [0, 0.05) is 58.3 Å². The molecule has 0 saturated heterocycles. The van der Waals surface area contributed by atoms with Crippen LogP contribution in [0.3, 0.4) is 0 Å². The van der Waals surface area contributed by atoms with Crippen LogP contribution in [-0.4, -0.2) is 86.4 Å². The van der Waals surface area contributed by atoms with E-state index in [2.05, 4.69) is 24.5 Å². The quantitative estimate of drug-likeness (QED) is 0.0500. The molecule has 0 bridgehead atoms. The maximum absolute atomic E-state index is 15.8. The molecule has 0 aromatic heterocycles. The van der Waals surface area contributed by atoms with Crippen LogP contribution in [0.15, 0.2) is 107 Å². The van der Waals surface area contributed by atoms with E-state index in [1.807, 2.05) is 61.3 Å². The van der Waals surface area contributed by atoms with Crippen molar-refractivity contribution in [2.45, 2.75) is 88.4 Å². The van der Waals surface area contributed by atoms with Crippen molar-refractivity contribution >= 4 is 63.6 Å². The molecule has 0 fully saturated rings. The number of nitrogens with zero attached hydrogens (tertiary/aromatic N) is 2. The van der Waals surface area contributed by atoms with Crippen molar-refractivity contribution in [3.05, 3.63) is 130 Å². The fourth-order valence-electron chi connectivity index (χ4n) is 8.58. The van der Waals surface area contributed by atoms with Gasteiger partial charge in [-0.1, -0.05) is 63.6 Å². The zero-order valence-electron chi connectivity index (χ0n) is 38.2. The van der Waals surface area contributed by atoms with Crippen LogP contribution in [0.1, 0.15) is 89.3 Å². The van der Waals surface area contributed by atoms with Gasteiger partial charge in [0.05, 0.1) is 25.1 Å². The van der Waals surface area contributed by atoms with E-state index in [9.17, 15) is 38.9 Å². The van der Waals surface area contributed by atoms with Crippen molar-refractivity contribution in [3.8, 4) is 0 Å². The Morgan fingerprint density at radius 2 is 1.41 bits per heavy atom. The number of anilines is 1. The second kappa shape index (κ2) is 25.0. The van der Waals surface area contributed by atoms with E-state index in [0.717, 1.165) is 45.8 Å². The van der Waals surface area contributed by atoms with Crippen molar-refractivity contribution in [1.29, 1.82) is 0 Å². The summed E-state index contributed by atoms with van der Waals surface area (Å²) >= 11 is 0. The first kappa shape index (κ1) is 60.5. The van der Waals surface area contributed by atoms with Crippen LogP contribution < -0.4 is 93.6 Å². The van der Waals surface area contributed by atoms with Crippen LogP contribution in [0.2, 0.25) is 0 Å². The SMILES string of the molecule is CC1(C)C(/C=C/C2=C(c3ccccc3F)C(=C/C=C3/N(CCCCS(=O)(=O)[O-])c4ccc(S(=O)(=O)[O-])cc4C3(C)C)/CCC2)=[N+](CCCCS(=O)(=O)[O-])c2cc[c-]cc21.O=S(=O)=O.[Na+].[Na+].[Na+]. The Bertz CT molecular complexity index is 2890. The van der Waals surface area contributed by atoms with Crippen LogP contribution in [0, 0.1) is 11.9 Å². The minimum atomic E-state index is -4.76. The van der Waals surface area contributed by atoms with Crippen LogP contribution in [0.5, 0.6) is 0 Å². The number of benzene rings is 3. The number of halogens is 1. The van der Waals surface area contributed by atoms with Crippen molar-refractivity contribution in [1.82, 2.24) is 0 Å². The third-order valence-electron chi connectivity index (χ3n) is 11.5. The zero-order chi connectivity index (χ0) is 46.5. The summed E-state index contributed by atoms with van der Waals surface area (Å²) in [6.07, 6.45) is 11.1. The fraction of sp³-hybridized carbons (Fsp3) is 0.386. The normalized spacial score (nSPS) is 17.7. The Kier molecular flexibility index (Phi) is 22.9. The van der Waals surface area contributed by atoms with Gasteiger partial charge in [0.15, 0.2) is 5.71 Å². The molecule has 0 saturated carbocycles. The van der Waals surface area contributed by atoms with Gasteiger partial charge in [-0.05, 0) is 91.1 Å². The molecule has 0 atom stereocenters. The van der Waals surface area contributed by atoms with E-state index in [1.54, 1.807) is 24.3 Å². The Labute approximate surface area is 455 Å². The van der Waals surface area contributed by atoms with Gasteiger partial charge in [-0.3, -0.25) is 0 Å². The number of allylic oxidation sites excluding steroid dienone is 8. The first-order chi connectivity index (χ1) is 29.3. The van der Waals surface area contributed by atoms with Crippen LogP contribution in [0.4, 0.5) is 15.8 Å². The Hall–Kier alpha value is -1.63. The zero-order valence-corrected chi connectivity index (χ0v) is 47.4. The average Bonchev–Trinajstić information content (AvgIpc) is 3.53. The summed E-state index contributed by atoms with van der Waals surface area (Å²) in [5, 5.41) is 0. The van der Waals surface area contributed by atoms with E-state index in [-0.39, 0.29) is 106 Å². The molecule has 2 aliphatic heterocycles. The molecule has 3 aliphatic rings. The van der Waals surface area contributed by atoms with Crippen molar-refractivity contribution in [3.63, 3.8) is 0 Å². The summed E-state index contributed by atoms with van der Waals surface area (Å²) in [6, 6.07) is 19.7. The second-order valence-corrected chi connectivity index (χ2v) is 21.3. The van der Waals surface area contributed by atoms with Crippen LogP contribution in [0.25, 0.3) is 5.57 Å². The predicted molar refractivity (Wildman–Crippen MR) is 233 cm³/mol. The molecule has 0 amide bonds. The van der Waals surface area contributed by atoms with E-state index in [0.29, 0.717) is 55.6 Å². The standard InChI is InChI=1S/C44H51FN2O9S3.3Na.O3S/c1-43(2)35-17-6-8-19-38(35)46(26-9-11-28-57(48,49)50)40(43)24-20-31-14-13-15-32(42(31)34-16-5-7-18-37(34)45)21-25-41-44(3,4)36-30-33(59(54,55)56)22-23-39(36)47(41)27-10-12-29-58(51,52)53;;;;1-4(2)3/h5,7-8,16-25,30H,9-15,26-29H2,1-4H3,(H,48,49,50)(H,51,52,53)(H,54,55,56);;;;/q;3*+1;/p-3. The summed E-state index contributed by atoms with van der Waals surface area (Å²) < 4.78 is 148. The minimum absolute atomic E-state index is 0. The third kappa shape index (κ3) is 15.4. The monoisotopic (exact) mass is 1010 g/mol. The van der Waals surface area contributed by atoms with Gasteiger partial charge in [-0.25, -0.2) is 34.2 Å². The molecule has 0 radical (unpaired) electrons. The predicted octanol–water partition coefficient (Wildman–Crippen LogP) is -2.63.